The Balaban J connectivity index is 1.64. The van der Waals surface area contributed by atoms with E-state index in [9.17, 15) is 4.39 Å². The summed E-state index contributed by atoms with van der Waals surface area (Å²) in [5.74, 6) is 0.429. The number of hydrogen-bond acceptors (Lipinski definition) is 4. The maximum atomic E-state index is 13.3. The largest absolute Gasteiger partial charge is 0.494 e. The molecule has 150 valence electrons. The molecular weight excluding hydrogens is 383 g/mol. The summed E-state index contributed by atoms with van der Waals surface area (Å²) in [5.41, 5.74) is 6.36. The summed E-state index contributed by atoms with van der Waals surface area (Å²) >= 11 is 0. The highest BCUT2D eigenvalue weighted by molar-refractivity contribution is 5.87. The van der Waals surface area contributed by atoms with Crippen LogP contribution in [0.2, 0.25) is 0 Å². The number of aryl methyl sites for hydroxylation is 1. The van der Waals surface area contributed by atoms with Crippen LogP contribution in [0.3, 0.4) is 0 Å². The lowest BCUT2D eigenvalue weighted by Crippen LogP contribution is -1.99. The van der Waals surface area contributed by atoms with Crippen molar-refractivity contribution in [1.82, 2.24) is 29.2 Å². The van der Waals surface area contributed by atoms with Crippen LogP contribution in [0.15, 0.2) is 61.3 Å². The predicted molar refractivity (Wildman–Crippen MR) is 111 cm³/mol. The molecule has 4 heterocycles. The van der Waals surface area contributed by atoms with Crippen LogP contribution in [-0.4, -0.2) is 36.3 Å². The second-order valence-electron chi connectivity index (χ2n) is 7.08. The summed E-state index contributed by atoms with van der Waals surface area (Å²) in [6.07, 6.45) is 9.32. The number of methoxy groups -OCH3 is 1. The Bertz CT molecular complexity index is 1360. The molecule has 0 spiro atoms. The van der Waals surface area contributed by atoms with E-state index in [1.165, 1.54) is 12.1 Å². The molecule has 0 unspecified atom stereocenters. The van der Waals surface area contributed by atoms with Crippen molar-refractivity contribution in [3.63, 3.8) is 0 Å². The summed E-state index contributed by atoms with van der Waals surface area (Å²) in [6.45, 7) is 1.98. The molecule has 5 aromatic rings. The van der Waals surface area contributed by atoms with Crippen molar-refractivity contribution in [1.29, 1.82) is 0 Å². The third-order valence-corrected chi connectivity index (χ3v) is 5.21. The Hall–Kier alpha value is -3.94. The maximum absolute atomic E-state index is 13.3. The third-order valence-electron chi connectivity index (χ3n) is 5.21. The zero-order valence-electron chi connectivity index (χ0n) is 16.7. The van der Waals surface area contributed by atoms with Crippen LogP contribution in [0.1, 0.15) is 5.69 Å². The first-order valence-corrected chi connectivity index (χ1v) is 9.40. The highest BCUT2D eigenvalue weighted by atomic mass is 19.1. The number of aromatic nitrogens is 6. The average molecular weight is 402 g/mol. The lowest BCUT2D eigenvalue weighted by atomic mass is 10.1. The van der Waals surface area contributed by atoms with Crippen molar-refractivity contribution in [3.8, 4) is 33.7 Å². The second-order valence-corrected chi connectivity index (χ2v) is 7.08. The molecule has 0 aliphatic rings. The van der Waals surface area contributed by atoms with E-state index in [0.717, 1.165) is 39.2 Å². The topological polar surface area (TPSA) is 62.2 Å². The normalized spacial score (nSPS) is 11.3. The van der Waals surface area contributed by atoms with Gasteiger partial charge in [0.05, 0.1) is 31.4 Å². The van der Waals surface area contributed by atoms with Gasteiger partial charge in [-0.25, -0.2) is 13.6 Å². The zero-order chi connectivity index (χ0) is 20.8. The molecule has 0 aliphatic heterocycles. The standard InChI is InChI=1S/C22H19FN6O/c1-14-19(10-26-29(14)18-6-4-17(23)5-7-18)20-11-25-28-13-15(8-21(30-3)22(20)28)16-9-24-27(2)12-16/h4-13H,1-3H3. The Labute approximate surface area is 171 Å². The number of fused-ring (bicyclic) bond motifs is 1. The minimum Gasteiger partial charge on any atom is -0.494 e. The summed E-state index contributed by atoms with van der Waals surface area (Å²) in [7, 11) is 3.53. The molecular formula is C22H19FN6O. The Morgan fingerprint density at radius 1 is 0.900 bits per heavy atom. The average Bonchev–Trinajstić information content (AvgIpc) is 3.46. The van der Waals surface area contributed by atoms with Crippen molar-refractivity contribution in [2.75, 3.05) is 7.11 Å². The molecule has 0 radical (unpaired) electrons. The van der Waals surface area contributed by atoms with E-state index in [1.807, 2.05) is 49.3 Å². The van der Waals surface area contributed by atoms with Gasteiger partial charge in [0.15, 0.2) is 0 Å². The fraction of sp³-hybridized carbons (Fsp3) is 0.136. The van der Waals surface area contributed by atoms with E-state index in [0.29, 0.717) is 5.75 Å². The van der Waals surface area contributed by atoms with Gasteiger partial charge in [0.1, 0.15) is 17.1 Å². The van der Waals surface area contributed by atoms with E-state index >= 15 is 0 Å². The molecule has 0 bridgehead atoms. The number of nitrogens with zero attached hydrogens (tertiary/aromatic N) is 6. The third kappa shape index (κ3) is 2.85. The number of hydrogen-bond donors (Lipinski definition) is 0. The summed E-state index contributed by atoms with van der Waals surface area (Å²) in [6, 6.07) is 8.24. The Morgan fingerprint density at radius 2 is 1.67 bits per heavy atom. The molecule has 0 N–H and O–H groups in total. The molecule has 8 heteroatoms. The van der Waals surface area contributed by atoms with Gasteiger partial charge in [-0.2, -0.15) is 15.3 Å². The van der Waals surface area contributed by atoms with Crippen LogP contribution < -0.4 is 4.74 Å². The van der Waals surface area contributed by atoms with Gasteiger partial charge in [-0.1, -0.05) is 0 Å². The first kappa shape index (κ1) is 18.1. The van der Waals surface area contributed by atoms with E-state index < -0.39 is 0 Å². The lowest BCUT2D eigenvalue weighted by Gasteiger charge is -2.09. The smallest absolute Gasteiger partial charge is 0.145 e. The Kier molecular flexibility index (Phi) is 4.13. The molecule has 0 aliphatic carbocycles. The number of rotatable bonds is 4. The zero-order valence-corrected chi connectivity index (χ0v) is 16.7. The highest BCUT2D eigenvalue weighted by Gasteiger charge is 2.18. The predicted octanol–water partition coefficient (Wildman–Crippen LogP) is 4.04. The van der Waals surface area contributed by atoms with Gasteiger partial charge in [0.25, 0.3) is 0 Å². The first-order chi connectivity index (χ1) is 14.5. The molecule has 1 aromatic carbocycles. The molecule has 0 saturated carbocycles. The lowest BCUT2D eigenvalue weighted by molar-refractivity contribution is 0.418. The van der Waals surface area contributed by atoms with Gasteiger partial charge >= 0.3 is 0 Å². The summed E-state index contributed by atoms with van der Waals surface area (Å²) < 4.78 is 24.3. The molecule has 0 saturated heterocycles. The summed E-state index contributed by atoms with van der Waals surface area (Å²) in [4.78, 5) is 0. The minimum absolute atomic E-state index is 0.277. The van der Waals surface area contributed by atoms with Crippen LogP contribution in [0, 0.1) is 12.7 Å². The van der Waals surface area contributed by atoms with Gasteiger partial charge in [-0.3, -0.25) is 4.68 Å². The van der Waals surface area contributed by atoms with E-state index in [4.69, 9.17) is 4.74 Å². The Morgan fingerprint density at radius 3 is 2.37 bits per heavy atom. The van der Waals surface area contributed by atoms with Gasteiger partial charge in [0, 0.05) is 47.4 Å². The molecule has 4 aromatic heterocycles. The van der Waals surface area contributed by atoms with E-state index in [2.05, 4.69) is 15.3 Å². The SMILES string of the molecule is COc1cc(-c2cnn(C)c2)cn2ncc(-c3cnn(-c4ccc(F)cc4)c3C)c12. The number of benzene rings is 1. The molecule has 0 atom stereocenters. The first-order valence-electron chi connectivity index (χ1n) is 9.40. The van der Waals surface area contributed by atoms with Gasteiger partial charge in [0.2, 0.25) is 0 Å². The van der Waals surface area contributed by atoms with E-state index in [-0.39, 0.29) is 5.82 Å². The van der Waals surface area contributed by atoms with Gasteiger partial charge in [-0.15, -0.1) is 0 Å². The van der Waals surface area contributed by atoms with Crippen LogP contribution >= 0.6 is 0 Å². The number of ether oxygens (including phenoxy) is 1. The molecule has 30 heavy (non-hydrogen) atoms. The van der Waals surface area contributed by atoms with Crippen molar-refractivity contribution in [2.24, 2.45) is 7.05 Å². The van der Waals surface area contributed by atoms with Crippen LogP contribution in [0.5, 0.6) is 5.75 Å². The maximum Gasteiger partial charge on any atom is 0.145 e. The van der Waals surface area contributed by atoms with Gasteiger partial charge < -0.3 is 4.74 Å². The molecule has 7 nitrogen and oxygen atoms in total. The number of pyridine rings is 1. The monoisotopic (exact) mass is 402 g/mol. The van der Waals surface area contributed by atoms with Crippen molar-refractivity contribution in [2.45, 2.75) is 6.92 Å². The quantitative estimate of drug-likeness (QED) is 0.455. The van der Waals surface area contributed by atoms with Crippen LogP contribution in [0.4, 0.5) is 4.39 Å². The fourth-order valence-corrected chi connectivity index (χ4v) is 3.68. The van der Waals surface area contributed by atoms with Crippen LogP contribution in [-0.2, 0) is 7.05 Å². The van der Waals surface area contributed by atoms with Crippen LogP contribution in [0.25, 0.3) is 33.5 Å². The fourth-order valence-electron chi connectivity index (χ4n) is 3.68. The van der Waals surface area contributed by atoms with Crippen molar-refractivity contribution < 1.29 is 9.13 Å². The highest BCUT2D eigenvalue weighted by Crippen LogP contribution is 2.36. The van der Waals surface area contributed by atoms with Crippen molar-refractivity contribution in [3.05, 3.63) is 72.8 Å². The minimum atomic E-state index is -0.277. The molecule has 0 fully saturated rings. The second kappa shape index (κ2) is 6.84. The van der Waals surface area contributed by atoms with Crippen molar-refractivity contribution >= 4 is 5.52 Å². The molecule has 5 rings (SSSR count). The number of halogens is 1. The molecule has 0 amide bonds. The summed E-state index contributed by atoms with van der Waals surface area (Å²) in [5, 5.41) is 13.3. The van der Waals surface area contributed by atoms with E-state index in [1.54, 1.807) is 34.8 Å². The van der Waals surface area contributed by atoms with Gasteiger partial charge in [-0.05, 0) is 37.3 Å².